The molecule has 0 aliphatic carbocycles. The molecule has 4 rings (SSSR count). The van der Waals surface area contributed by atoms with E-state index >= 15 is 0 Å². The molecule has 3 aliphatic rings. The number of para-hydroxylation sites is 1. The van der Waals surface area contributed by atoms with Gasteiger partial charge in [0.1, 0.15) is 18.0 Å². The molecule has 0 aromatic heterocycles. The highest BCUT2D eigenvalue weighted by Crippen LogP contribution is 2.25. The van der Waals surface area contributed by atoms with Gasteiger partial charge in [-0.15, -0.1) is 0 Å². The summed E-state index contributed by atoms with van der Waals surface area (Å²) in [6.07, 6.45) is -0.170. The van der Waals surface area contributed by atoms with Gasteiger partial charge in [0.15, 0.2) is 0 Å². The third-order valence-electron chi connectivity index (χ3n) is 5.05. The van der Waals surface area contributed by atoms with Crippen molar-refractivity contribution in [2.45, 2.75) is 25.2 Å². The van der Waals surface area contributed by atoms with E-state index in [9.17, 15) is 4.79 Å². The lowest BCUT2D eigenvalue weighted by molar-refractivity contribution is -0.0839. The Morgan fingerprint density at radius 1 is 1.09 bits per heavy atom. The predicted molar refractivity (Wildman–Crippen MR) is 85.5 cm³/mol. The van der Waals surface area contributed by atoms with Crippen LogP contribution in [0.3, 0.4) is 0 Å². The summed E-state index contributed by atoms with van der Waals surface area (Å²) in [5, 5.41) is 3.15. The number of benzene rings is 1. The molecule has 124 valence electrons. The van der Waals surface area contributed by atoms with Crippen LogP contribution in [0.5, 0.6) is 5.75 Å². The first-order chi connectivity index (χ1) is 11.2. The number of nitrogens with zero attached hydrogens (tertiary/aromatic N) is 2. The molecular weight excluding hydrogens is 294 g/mol. The van der Waals surface area contributed by atoms with Crippen LogP contribution in [-0.2, 0) is 4.74 Å². The van der Waals surface area contributed by atoms with Crippen LogP contribution in [0.1, 0.15) is 17.3 Å². The smallest absolute Gasteiger partial charge is 0.256 e. The largest absolute Gasteiger partial charge is 0.486 e. The lowest BCUT2D eigenvalue weighted by Gasteiger charge is -2.45. The van der Waals surface area contributed by atoms with Crippen molar-refractivity contribution in [3.8, 4) is 5.75 Å². The van der Waals surface area contributed by atoms with Gasteiger partial charge in [0.2, 0.25) is 0 Å². The second-order valence-corrected chi connectivity index (χ2v) is 6.50. The van der Waals surface area contributed by atoms with Gasteiger partial charge in [0.05, 0.1) is 24.8 Å². The molecule has 2 saturated heterocycles. The Kier molecular flexibility index (Phi) is 3.97. The molecule has 3 aliphatic heterocycles. The molecule has 6 nitrogen and oxygen atoms in total. The maximum absolute atomic E-state index is 12.5. The van der Waals surface area contributed by atoms with E-state index in [1.54, 1.807) is 0 Å². The van der Waals surface area contributed by atoms with Crippen LogP contribution in [0.4, 0.5) is 0 Å². The highest BCUT2D eigenvalue weighted by atomic mass is 16.5. The first-order valence-corrected chi connectivity index (χ1v) is 8.35. The van der Waals surface area contributed by atoms with Crippen molar-refractivity contribution in [1.82, 2.24) is 15.1 Å². The van der Waals surface area contributed by atoms with Crippen molar-refractivity contribution in [2.24, 2.45) is 0 Å². The average molecular weight is 317 g/mol. The Bertz CT molecular complexity index is 582. The normalized spacial score (nSPS) is 29.9. The number of fused-ring (bicyclic) bond motifs is 1. The van der Waals surface area contributed by atoms with Gasteiger partial charge in [0, 0.05) is 26.2 Å². The highest BCUT2D eigenvalue weighted by molar-refractivity contribution is 5.97. The predicted octanol–water partition coefficient (Wildman–Crippen LogP) is 0.540. The van der Waals surface area contributed by atoms with Crippen molar-refractivity contribution >= 4 is 5.91 Å². The summed E-state index contributed by atoms with van der Waals surface area (Å²) in [6, 6.07) is 8.03. The molecule has 2 fully saturated rings. The Morgan fingerprint density at radius 2 is 1.78 bits per heavy atom. The van der Waals surface area contributed by atoms with E-state index in [0.29, 0.717) is 17.4 Å². The highest BCUT2D eigenvalue weighted by Gasteiger charge is 2.36. The lowest BCUT2D eigenvalue weighted by Crippen LogP contribution is -2.62. The van der Waals surface area contributed by atoms with Crippen LogP contribution in [0.25, 0.3) is 0 Å². The molecule has 2 atom stereocenters. The summed E-state index contributed by atoms with van der Waals surface area (Å²) < 4.78 is 11.3. The third-order valence-corrected chi connectivity index (χ3v) is 5.05. The summed E-state index contributed by atoms with van der Waals surface area (Å²) in [4.78, 5) is 17.3. The van der Waals surface area contributed by atoms with Crippen LogP contribution < -0.4 is 10.1 Å². The van der Waals surface area contributed by atoms with E-state index in [2.05, 4.69) is 15.1 Å². The molecule has 1 amide bonds. The topological polar surface area (TPSA) is 54.0 Å². The van der Waals surface area contributed by atoms with Gasteiger partial charge < -0.3 is 14.8 Å². The summed E-state index contributed by atoms with van der Waals surface area (Å²) in [5.41, 5.74) is 0.618. The molecule has 23 heavy (non-hydrogen) atoms. The van der Waals surface area contributed by atoms with Gasteiger partial charge >= 0.3 is 0 Å². The van der Waals surface area contributed by atoms with E-state index in [1.165, 1.54) is 0 Å². The molecule has 1 aromatic carbocycles. The van der Waals surface area contributed by atoms with E-state index in [4.69, 9.17) is 9.47 Å². The fourth-order valence-corrected chi connectivity index (χ4v) is 3.55. The summed E-state index contributed by atoms with van der Waals surface area (Å²) in [5.74, 6) is 0.620. The monoisotopic (exact) mass is 317 g/mol. The zero-order valence-electron chi connectivity index (χ0n) is 13.4. The number of hydrogen-bond donors (Lipinski definition) is 1. The molecule has 1 N–H and O–H groups in total. The fourth-order valence-electron chi connectivity index (χ4n) is 3.55. The van der Waals surface area contributed by atoms with Crippen LogP contribution in [0.15, 0.2) is 24.3 Å². The first-order valence-electron chi connectivity index (χ1n) is 8.35. The van der Waals surface area contributed by atoms with Crippen LogP contribution in [-0.4, -0.2) is 73.4 Å². The number of piperazine rings is 1. The zero-order chi connectivity index (χ0) is 15.8. The van der Waals surface area contributed by atoms with Crippen molar-refractivity contribution in [3.63, 3.8) is 0 Å². The number of ether oxygens (including phenoxy) is 2. The molecule has 0 radical (unpaired) electrons. The Hall–Kier alpha value is -1.63. The zero-order valence-corrected chi connectivity index (χ0v) is 13.4. The van der Waals surface area contributed by atoms with E-state index in [1.807, 2.05) is 31.2 Å². The Balaban J connectivity index is 1.44. The van der Waals surface area contributed by atoms with Crippen LogP contribution >= 0.6 is 0 Å². The van der Waals surface area contributed by atoms with E-state index < -0.39 is 0 Å². The van der Waals surface area contributed by atoms with Crippen molar-refractivity contribution in [3.05, 3.63) is 29.8 Å². The minimum atomic E-state index is -0.0882. The van der Waals surface area contributed by atoms with Crippen molar-refractivity contribution < 1.29 is 14.3 Å². The fraction of sp³-hybridized carbons (Fsp3) is 0.588. The molecule has 2 unspecified atom stereocenters. The maximum atomic E-state index is 12.5. The minimum Gasteiger partial charge on any atom is -0.486 e. The van der Waals surface area contributed by atoms with Gasteiger partial charge in [-0.1, -0.05) is 12.1 Å². The van der Waals surface area contributed by atoms with Crippen LogP contribution in [0, 0.1) is 0 Å². The van der Waals surface area contributed by atoms with Gasteiger partial charge in [-0.3, -0.25) is 14.6 Å². The van der Waals surface area contributed by atoms with Gasteiger partial charge in [-0.25, -0.2) is 0 Å². The Morgan fingerprint density at radius 3 is 2.48 bits per heavy atom. The second-order valence-electron chi connectivity index (χ2n) is 6.50. The summed E-state index contributed by atoms with van der Waals surface area (Å²) >= 11 is 0. The van der Waals surface area contributed by atoms with Crippen LogP contribution in [0.2, 0.25) is 0 Å². The van der Waals surface area contributed by atoms with E-state index in [-0.39, 0.29) is 18.2 Å². The number of rotatable bonds is 2. The molecule has 1 aromatic rings. The summed E-state index contributed by atoms with van der Waals surface area (Å²) in [6.45, 7) is 7.64. The molecule has 0 saturated carbocycles. The number of carbonyl (C=O) groups excluding carboxylic acids is 1. The number of nitrogens with one attached hydrogen (secondary N) is 1. The van der Waals surface area contributed by atoms with Crippen molar-refractivity contribution in [1.29, 1.82) is 0 Å². The van der Waals surface area contributed by atoms with Gasteiger partial charge in [-0.2, -0.15) is 0 Å². The Labute approximate surface area is 136 Å². The van der Waals surface area contributed by atoms with Gasteiger partial charge in [-0.05, 0) is 19.1 Å². The summed E-state index contributed by atoms with van der Waals surface area (Å²) in [7, 11) is 0. The molecule has 0 bridgehead atoms. The molecular formula is C17H23N3O3. The average Bonchev–Trinajstić information content (AvgIpc) is 2.64. The maximum Gasteiger partial charge on any atom is 0.256 e. The van der Waals surface area contributed by atoms with Gasteiger partial charge in [0.25, 0.3) is 5.91 Å². The second kappa shape index (κ2) is 6.11. The number of carbonyl (C=O) groups is 1. The first kappa shape index (κ1) is 14.9. The van der Waals surface area contributed by atoms with Crippen molar-refractivity contribution in [2.75, 3.05) is 39.4 Å². The molecule has 0 spiro atoms. The lowest BCUT2D eigenvalue weighted by atomic mass is 10.1. The number of amides is 1. The minimum absolute atomic E-state index is 0.0511. The standard InChI is InChI=1S/C17H23N3O3/c1-12-16(18-17(21)14-4-2-3-5-15(14)23-12)20-8-6-19(7-9-20)13-10-22-11-13/h2-5,12-13,16H,6-11H2,1H3,(H,18,21). The van der Waals surface area contributed by atoms with E-state index in [0.717, 1.165) is 39.4 Å². The number of hydrogen-bond acceptors (Lipinski definition) is 5. The third kappa shape index (κ3) is 2.82. The molecule has 3 heterocycles. The quantitative estimate of drug-likeness (QED) is 0.863. The SMILES string of the molecule is CC1Oc2ccccc2C(=O)NC1N1CCN(C2COC2)CC1. The molecule has 6 heteroatoms.